The third-order valence-electron chi connectivity index (χ3n) is 6.61. The first-order chi connectivity index (χ1) is 13.5. The summed E-state index contributed by atoms with van der Waals surface area (Å²) in [5, 5.41) is 19.6. The number of carbonyl (C=O) groups is 1. The van der Waals surface area contributed by atoms with Gasteiger partial charge in [0.15, 0.2) is 0 Å². The quantitative estimate of drug-likeness (QED) is 0.632. The smallest absolute Gasteiger partial charge is 0.335 e. The van der Waals surface area contributed by atoms with Gasteiger partial charge in [0.05, 0.1) is 11.7 Å². The summed E-state index contributed by atoms with van der Waals surface area (Å²) < 4.78 is 0. The first-order valence-electron chi connectivity index (χ1n) is 10.3. The number of aliphatic hydroxyl groups is 1. The van der Waals surface area contributed by atoms with Gasteiger partial charge in [-0.25, -0.2) is 4.79 Å². The highest BCUT2D eigenvalue weighted by Gasteiger charge is 2.36. The van der Waals surface area contributed by atoms with E-state index in [2.05, 4.69) is 18.2 Å². The van der Waals surface area contributed by atoms with Crippen LogP contribution < -0.4 is 0 Å². The van der Waals surface area contributed by atoms with Crippen LogP contribution in [-0.4, -0.2) is 21.6 Å². The molecule has 0 amide bonds. The van der Waals surface area contributed by atoms with E-state index in [1.165, 1.54) is 11.1 Å². The normalized spacial score (nSPS) is 26.4. The van der Waals surface area contributed by atoms with Crippen molar-refractivity contribution < 1.29 is 15.0 Å². The van der Waals surface area contributed by atoms with Gasteiger partial charge in [-0.2, -0.15) is 0 Å². The summed E-state index contributed by atoms with van der Waals surface area (Å²) in [4.78, 5) is 11.4. The van der Waals surface area contributed by atoms with Crippen molar-refractivity contribution in [1.82, 2.24) is 0 Å². The van der Waals surface area contributed by atoms with E-state index in [4.69, 9.17) is 11.6 Å². The summed E-state index contributed by atoms with van der Waals surface area (Å²) in [6.07, 6.45) is 6.33. The van der Waals surface area contributed by atoms with Gasteiger partial charge in [-0.3, -0.25) is 0 Å². The Morgan fingerprint density at radius 2 is 1.93 bits per heavy atom. The number of carboxylic acid groups (broad SMARTS) is 1. The highest BCUT2D eigenvalue weighted by molar-refractivity contribution is 6.21. The topological polar surface area (TPSA) is 57.5 Å². The monoisotopic (exact) mass is 398 g/mol. The van der Waals surface area contributed by atoms with Crippen LogP contribution in [0.4, 0.5) is 0 Å². The lowest BCUT2D eigenvalue weighted by molar-refractivity contribution is 0.0695. The van der Waals surface area contributed by atoms with E-state index in [0.29, 0.717) is 17.4 Å². The van der Waals surface area contributed by atoms with E-state index < -0.39 is 5.97 Å². The fraction of sp³-hybridized carbons (Fsp3) is 0.458. The maximum absolute atomic E-state index is 11.4. The van der Waals surface area contributed by atoms with Crippen molar-refractivity contribution in [1.29, 1.82) is 0 Å². The number of aromatic carboxylic acids is 1. The second kappa shape index (κ2) is 8.26. The number of halogens is 1. The van der Waals surface area contributed by atoms with Gasteiger partial charge < -0.3 is 10.2 Å². The Balaban J connectivity index is 1.44. The third-order valence-corrected chi connectivity index (χ3v) is 7.15. The van der Waals surface area contributed by atoms with Gasteiger partial charge in [-0.15, -0.1) is 11.6 Å². The van der Waals surface area contributed by atoms with E-state index in [1.54, 1.807) is 12.1 Å². The Bertz CT molecular complexity index is 863. The number of rotatable bonds is 6. The predicted octanol–water partition coefficient (Wildman–Crippen LogP) is 5.49. The Labute approximate surface area is 171 Å². The molecule has 4 rings (SSSR count). The zero-order valence-corrected chi connectivity index (χ0v) is 16.7. The molecule has 0 radical (unpaired) electrons. The van der Waals surface area contributed by atoms with Gasteiger partial charge in [0.1, 0.15) is 0 Å². The van der Waals surface area contributed by atoms with E-state index in [-0.39, 0.29) is 11.5 Å². The lowest BCUT2D eigenvalue weighted by Gasteiger charge is -2.23. The lowest BCUT2D eigenvalue weighted by Crippen LogP contribution is -2.15. The molecule has 1 fully saturated rings. The lowest BCUT2D eigenvalue weighted by atomic mass is 9.84. The molecule has 3 nitrogen and oxygen atoms in total. The van der Waals surface area contributed by atoms with Crippen LogP contribution in [0.25, 0.3) is 0 Å². The molecule has 1 saturated carbocycles. The standard InChI is InChI=1S/C24H27ClO3/c25-22-12-11-18(16-8-10-19-17(14-16)9-13-23(19)26)21(22)7-3-5-15-4-1-2-6-20(15)24(27)28/h1-2,4,6,8,10,14,18,21-23,26H,3,5,7,9,11-13H2,(H,27,28). The molecule has 4 unspecified atom stereocenters. The molecule has 148 valence electrons. The first-order valence-corrected chi connectivity index (χ1v) is 10.7. The van der Waals surface area contributed by atoms with Gasteiger partial charge in [0.25, 0.3) is 0 Å². The molecule has 2 aromatic carbocycles. The number of fused-ring (bicyclic) bond motifs is 1. The minimum atomic E-state index is -0.857. The zero-order valence-electron chi connectivity index (χ0n) is 16.0. The molecule has 4 heteroatoms. The second-order valence-electron chi connectivity index (χ2n) is 8.23. The summed E-state index contributed by atoms with van der Waals surface area (Å²) in [6, 6.07) is 13.9. The number of carboxylic acids is 1. The van der Waals surface area contributed by atoms with Crippen molar-refractivity contribution in [2.45, 2.75) is 62.3 Å². The van der Waals surface area contributed by atoms with E-state index in [0.717, 1.165) is 56.1 Å². The SMILES string of the molecule is O=C(O)c1ccccc1CCCC1C(Cl)CCC1c1ccc2c(c1)CCC2O. The molecule has 4 atom stereocenters. The van der Waals surface area contributed by atoms with Crippen LogP contribution in [0.5, 0.6) is 0 Å². The zero-order chi connectivity index (χ0) is 19.7. The van der Waals surface area contributed by atoms with Crippen molar-refractivity contribution in [3.8, 4) is 0 Å². The van der Waals surface area contributed by atoms with Gasteiger partial charge in [0.2, 0.25) is 0 Å². The molecular weight excluding hydrogens is 372 g/mol. The number of hydrogen-bond acceptors (Lipinski definition) is 2. The number of benzene rings is 2. The number of hydrogen-bond donors (Lipinski definition) is 2. The predicted molar refractivity (Wildman–Crippen MR) is 111 cm³/mol. The number of aryl methyl sites for hydroxylation is 2. The van der Waals surface area contributed by atoms with Gasteiger partial charge in [0, 0.05) is 5.38 Å². The molecule has 0 aliphatic heterocycles. The molecule has 0 bridgehead atoms. The molecule has 28 heavy (non-hydrogen) atoms. The number of aliphatic hydroxyl groups excluding tert-OH is 1. The second-order valence-corrected chi connectivity index (χ2v) is 8.79. The molecule has 0 heterocycles. The van der Waals surface area contributed by atoms with Crippen molar-refractivity contribution in [3.05, 3.63) is 70.3 Å². The van der Waals surface area contributed by atoms with Gasteiger partial charge >= 0.3 is 5.97 Å². The van der Waals surface area contributed by atoms with Crippen LogP contribution in [0.2, 0.25) is 0 Å². The molecule has 0 spiro atoms. The Kier molecular flexibility index (Phi) is 5.75. The maximum atomic E-state index is 11.4. The molecule has 2 N–H and O–H groups in total. The summed E-state index contributed by atoms with van der Waals surface area (Å²) in [5.74, 6) is 0.0215. The molecule has 2 aromatic rings. The molecule has 0 saturated heterocycles. The Hall–Kier alpha value is -1.84. The minimum absolute atomic E-state index is 0.179. The van der Waals surface area contributed by atoms with Crippen molar-refractivity contribution >= 4 is 17.6 Å². The van der Waals surface area contributed by atoms with Crippen LogP contribution in [0.1, 0.15) is 76.7 Å². The third kappa shape index (κ3) is 3.83. The van der Waals surface area contributed by atoms with Gasteiger partial charge in [-0.1, -0.05) is 36.4 Å². The fourth-order valence-electron chi connectivity index (χ4n) is 5.14. The summed E-state index contributed by atoms with van der Waals surface area (Å²) in [6.45, 7) is 0. The average Bonchev–Trinajstić information content (AvgIpc) is 3.25. The van der Waals surface area contributed by atoms with Crippen molar-refractivity contribution in [2.75, 3.05) is 0 Å². The van der Waals surface area contributed by atoms with Crippen molar-refractivity contribution in [2.24, 2.45) is 5.92 Å². The van der Waals surface area contributed by atoms with E-state index >= 15 is 0 Å². The summed E-state index contributed by atoms with van der Waals surface area (Å²) >= 11 is 6.69. The minimum Gasteiger partial charge on any atom is -0.478 e. The van der Waals surface area contributed by atoms with Crippen LogP contribution in [0.15, 0.2) is 42.5 Å². The summed E-state index contributed by atoms with van der Waals surface area (Å²) in [5.41, 5.74) is 5.04. The summed E-state index contributed by atoms with van der Waals surface area (Å²) in [7, 11) is 0. The fourth-order valence-corrected chi connectivity index (χ4v) is 5.56. The van der Waals surface area contributed by atoms with Gasteiger partial charge in [-0.05, 0) is 85.1 Å². The van der Waals surface area contributed by atoms with Crippen LogP contribution in [0, 0.1) is 5.92 Å². The highest BCUT2D eigenvalue weighted by atomic mass is 35.5. The van der Waals surface area contributed by atoms with Crippen LogP contribution >= 0.6 is 11.6 Å². The van der Waals surface area contributed by atoms with E-state index in [1.807, 2.05) is 12.1 Å². The average molecular weight is 399 g/mol. The van der Waals surface area contributed by atoms with Crippen LogP contribution in [-0.2, 0) is 12.8 Å². The molecular formula is C24H27ClO3. The van der Waals surface area contributed by atoms with E-state index in [9.17, 15) is 15.0 Å². The van der Waals surface area contributed by atoms with Crippen molar-refractivity contribution in [3.63, 3.8) is 0 Å². The Morgan fingerprint density at radius 3 is 2.75 bits per heavy atom. The Morgan fingerprint density at radius 1 is 1.11 bits per heavy atom. The molecule has 2 aliphatic rings. The molecule has 2 aliphatic carbocycles. The largest absolute Gasteiger partial charge is 0.478 e. The highest BCUT2D eigenvalue weighted by Crippen LogP contribution is 2.46. The maximum Gasteiger partial charge on any atom is 0.335 e. The molecule has 0 aromatic heterocycles. The van der Waals surface area contributed by atoms with Crippen LogP contribution in [0.3, 0.4) is 0 Å². The number of alkyl halides is 1. The first kappa shape index (κ1) is 19.5.